The van der Waals surface area contributed by atoms with Gasteiger partial charge in [0.2, 0.25) is 0 Å². The number of aliphatic hydroxyl groups excluding tert-OH is 1. The first kappa shape index (κ1) is 17.8. The van der Waals surface area contributed by atoms with E-state index in [1.54, 1.807) is 25.2 Å². The number of halogens is 1. The third kappa shape index (κ3) is 2.30. The molecule has 2 aromatic carbocycles. The lowest BCUT2D eigenvalue weighted by Crippen LogP contribution is -2.37. The molecule has 1 aliphatic rings. The fourth-order valence-electron chi connectivity index (χ4n) is 4.12. The molecule has 0 unspecified atom stereocenters. The number of hydrogen-bond donors (Lipinski definition) is 1. The minimum absolute atomic E-state index is 0.258. The Bertz CT molecular complexity index is 1450. The lowest BCUT2D eigenvalue weighted by molar-refractivity contribution is 0.225. The smallest absolute Gasteiger partial charge is 0.332 e. The second-order valence-corrected chi connectivity index (χ2v) is 7.53. The molecular formula is C22H16ClN3O3. The Hall–Kier alpha value is -3.22. The van der Waals surface area contributed by atoms with Crippen LogP contribution in [-0.4, -0.2) is 19.2 Å². The van der Waals surface area contributed by atoms with E-state index in [4.69, 9.17) is 11.6 Å². The molecule has 6 nitrogen and oxygen atoms in total. The van der Waals surface area contributed by atoms with Crippen LogP contribution in [0.5, 0.6) is 0 Å². The minimum atomic E-state index is -0.952. The van der Waals surface area contributed by atoms with E-state index in [1.165, 1.54) is 11.6 Å². The molecule has 1 atom stereocenters. The van der Waals surface area contributed by atoms with Gasteiger partial charge in [-0.3, -0.25) is 13.9 Å². The Morgan fingerprint density at radius 3 is 2.34 bits per heavy atom. The van der Waals surface area contributed by atoms with Crippen molar-refractivity contribution in [1.29, 1.82) is 0 Å². The Morgan fingerprint density at radius 1 is 0.966 bits per heavy atom. The summed E-state index contributed by atoms with van der Waals surface area (Å²) < 4.78 is 2.40. The fraction of sp³-hybridized carbons (Fsp3) is 0.136. The van der Waals surface area contributed by atoms with E-state index < -0.39 is 17.4 Å². The summed E-state index contributed by atoms with van der Waals surface area (Å²) in [6.45, 7) is 0. The zero-order valence-corrected chi connectivity index (χ0v) is 16.4. The molecule has 4 aromatic rings. The van der Waals surface area contributed by atoms with Gasteiger partial charge in [-0.25, -0.2) is 9.78 Å². The van der Waals surface area contributed by atoms with Gasteiger partial charge in [0.25, 0.3) is 5.56 Å². The molecule has 5 rings (SSSR count). The van der Waals surface area contributed by atoms with Gasteiger partial charge in [0.1, 0.15) is 6.10 Å². The largest absolute Gasteiger partial charge is 0.384 e. The lowest BCUT2D eigenvalue weighted by atomic mass is 9.94. The molecule has 0 aliphatic heterocycles. The van der Waals surface area contributed by atoms with Gasteiger partial charge < -0.3 is 5.11 Å². The summed E-state index contributed by atoms with van der Waals surface area (Å²) in [5, 5.41) is 11.9. The van der Waals surface area contributed by atoms with Gasteiger partial charge in [0.05, 0.1) is 11.1 Å². The van der Waals surface area contributed by atoms with Crippen LogP contribution in [0.4, 0.5) is 0 Å². The number of aromatic nitrogens is 3. The SMILES string of the molecule is Cn1c(=O)c2c(-c3ccccc3Cl)c3c(nc2n(C)c1=O)-c1ccccc1[C@H]3O. The van der Waals surface area contributed by atoms with Crippen LogP contribution in [0, 0.1) is 0 Å². The van der Waals surface area contributed by atoms with Crippen LogP contribution in [0.25, 0.3) is 33.4 Å². The normalized spacial score (nSPS) is 14.8. The Kier molecular flexibility index (Phi) is 3.78. The van der Waals surface area contributed by atoms with Crippen molar-refractivity contribution in [1.82, 2.24) is 14.1 Å². The standard InChI is InChI=1S/C22H16ClN3O3/c1-25-20-17(21(28)26(2)22(25)29)15(13-9-5-6-10-14(13)23)16-18(24-20)11-7-3-4-8-12(11)19(16)27/h3-10,19,27H,1-2H3/t19-/m1/s1. The van der Waals surface area contributed by atoms with E-state index in [-0.39, 0.29) is 11.0 Å². The summed E-state index contributed by atoms with van der Waals surface area (Å²) in [6, 6.07) is 14.6. The van der Waals surface area contributed by atoms with Gasteiger partial charge in [-0.05, 0) is 11.6 Å². The number of fused-ring (bicyclic) bond motifs is 4. The van der Waals surface area contributed by atoms with E-state index >= 15 is 0 Å². The topological polar surface area (TPSA) is 77.1 Å². The maximum Gasteiger partial charge on any atom is 0.332 e. The first-order valence-corrected chi connectivity index (χ1v) is 9.45. The van der Waals surface area contributed by atoms with Crippen LogP contribution < -0.4 is 11.2 Å². The van der Waals surface area contributed by atoms with Crippen molar-refractivity contribution >= 4 is 22.6 Å². The third-order valence-electron chi connectivity index (χ3n) is 5.55. The average molecular weight is 406 g/mol. The molecule has 2 aromatic heterocycles. The maximum absolute atomic E-state index is 13.2. The number of rotatable bonds is 1. The van der Waals surface area contributed by atoms with Gasteiger partial charge in [0, 0.05) is 41.4 Å². The van der Waals surface area contributed by atoms with Crippen LogP contribution in [0.1, 0.15) is 17.2 Å². The molecule has 0 amide bonds. The predicted molar refractivity (Wildman–Crippen MR) is 112 cm³/mol. The molecule has 0 spiro atoms. The van der Waals surface area contributed by atoms with Crippen molar-refractivity contribution in [2.24, 2.45) is 14.1 Å². The molecule has 0 bridgehead atoms. The van der Waals surface area contributed by atoms with E-state index in [1.807, 2.05) is 30.3 Å². The van der Waals surface area contributed by atoms with Crippen molar-refractivity contribution < 1.29 is 5.11 Å². The van der Waals surface area contributed by atoms with Crippen molar-refractivity contribution in [2.45, 2.75) is 6.10 Å². The van der Waals surface area contributed by atoms with E-state index in [0.717, 1.165) is 10.1 Å². The highest BCUT2D eigenvalue weighted by atomic mass is 35.5. The number of aryl methyl sites for hydroxylation is 1. The second kappa shape index (κ2) is 6.14. The predicted octanol–water partition coefficient (Wildman–Crippen LogP) is 3.01. The van der Waals surface area contributed by atoms with Gasteiger partial charge in [0.15, 0.2) is 5.65 Å². The summed E-state index contributed by atoms with van der Waals surface area (Å²) in [5.41, 5.74) is 3.01. The highest BCUT2D eigenvalue weighted by Gasteiger charge is 2.34. The summed E-state index contributed by atoms with van der Waals surface area (Å²) >= 11 is 6.50. The molecule has 0 fully saturated rings. The molecule has 0 saturated heterocycles. The number of hydrogen-bond acceptors (Lipinski definition) is 4. The highest BCUT2D eigenvalue weighted by Crippen LogP contribution is 2.49. The van der Waals surface area contributed by atoms with Gasteiger partial charge >= 0.3 is 5.69 Å². The Labute approximate surface area is 170 Å². The van der Waals surface area contributed by atoms with Gasteiger partial charge in [-0.2, -0.15) is 0 Å². The molecule has 0 radical (unpaired) electrons. The van der Waals surface area contributed by atoms with Crippen LogP contribution >= 0.6 is 11.6 Å². The summed E-state index contributed by atoms with van der Waals surface area (Å²) in [6.07, 6.45) is -0.952. The van der Waals surface area contributed by atoms with Crippen LogP contribution in [0.2, 0.25) is 5.02 Å². The fourth-order valence-corrected chi connectivity index (χ4v) is 4.35. The molecule has 1 N–H and O–H groups in total. The quantitative estimate of drug-likeness (QED) is 0.528. The molecule has 144 valence electrons. The summed E-state index contributed by atoms with van der Waals surface area (Å²) in [4.78, 5) is 30.4. The van der Waals surface area contributed by atoms with Crippen molar-refractivity contribution in [3.05, 3.63) is 85.5 Å². The Morgan fingerprint density at radius 2 is 1.62 bits per heavy atom. The minimum Gasteiger partial charge on any atom is -0.384 e. The van der Waals surface area contributed by atoms with Gasteiger partial charge in [-0.15, -0.1) is 0 Å². The highest BCUT2D eigenvalue weighted by molar-refractivity contribution is 6.33. The first-order chi connectivity index (χ1) is 13.9. The zero-order valence-electron chi connectivity index (χ0n) is 15.7. The zero-order chi connectivity index (χ0) is 20.4. The van der Waals surface area contributed by atoms with Crippen LogP contribution in [-0.2, 0) is 14.1 Å². The summed E-state index contributed by atoms with van der Waals surface area (Å²) in [7, 11) is 3.01. The van der Waals surface area contributed by atoms with Crippen LogP contribution in [0.15, 0.2) is 58.1 Å². The molecule has 1 aliphatic carbocycles. The lowest BCUT2D eigenvalue weighted by Gasteiger charge is -2.17. The van der Waals surface area contributed by atoms with E-state index in [2.05, 4.69) is 4.98 Å². The van der Waals surface area contributed by atoms with Crippen molar-refractivity contribution in [2.75, 3.05) is 0 Å². The first-order valence-electron chi connectivity index (χ1n) is 9.07. The number of nitrogens with zero attached hydrogens (tertiary/aromatic N) is 3. The van der Waals surface area contributed by atoms with Crippen molar-refractivity contribution in [3.8, 4) is 22.4 Å². The second-order valence-electron chi connectivity index (χ2n) is 7.12. The monoisotopic (exact) mass is 405 g/mol. The third-order valence-corrected chi connectivity index (χ3v) is 5.88. The molecule has 7 heteroatoms. The number of aliphatic hydroxyl groups is 1. The Balaban J connectivity index is 2.09. The molecule has 2 heterocycles. The number of pyridine rings is 1. The molecular weight excluding hydrogens is 390 g/mol. The van der Waals surface area contributed by atoms with E-state index in [9.17, 15) is 14.7 Å². The molecule has 0 saturated carbocycles. The van der Waals surface area contributed by atoms with Gasteiger partial charge in [-0.1, -0.05) is 54.1 Å². The molecule has 29 heavy (non-hydrogen) atoms. The van der Waals surface area contributed by atoms with Crippen LogP contribution in [0.3, 0.4) is 0 Å². The average Bonchev–Trinajstić information content (AvgIpc) is 3.02. The van der Waals surface area contributed by atoms with Crippen molar-refractivity contribution in [3.63, 3.8) is 0 Å². The number of benzene rings is 2. The van der Waals surface area contributed by atoms with E-state index in [0.29, 0.717) is 33.0 Å². The summed E-state index contributed by atoms with van der Waals surface area (Å²) in [5.74, 6) is 0. The maximum atomic E-state index is 13.2.